The van der Waals surface area contributed by atoms with E-state index in [1.807, 2.05) is 0 Å². The molecule has 0 bridgehead atoms. The van der Waals surface area contributed by atoms with Crippen molar-refractivity contribution >= 4 is 40.0 Å². The van der Waals surface area contributed by atoms with E-state index in [0.717, 1.165) is 41.7 Å². The number of rotatable bonds is 6. The van der Waals surface area contributed by atoms with Crippen LogP contribution in [0.2, 0.25) is 0 Å². The van der Waals surface area contributed by atoms with Crippen LogP contribution in [0, 0.1) is 5.82 Å². The SMILES string of the molecule is O=C(Nc1nnc(SCc2ccc(F)cc2)s1)c1cccnc1N1CCCCC1. The number of halogens is 1. The van der Waals surface area contributed by atoms with Gasteiger partial charge in [-0.25, -0.2) is 9.37 Å². The normalized spacial score (nSPS) is 14.0. The van der Waals surface area contributed by atoms with E-state index in [9.17, 15) is 9.18 Å². The van der Waals surface area contributed by atoms with Gasteiger partial charge in [-0.05, 0) is 49.1 Å². The van der Waals surface area contributed by atoms with Crippen LogP contribution in [-0.4, -0.2) is 34.2 Å². The van der Waals surface area contributed by atoms with Crippen LogP contribution < -0.4 is 10.2 Å². The second-order valence-corrected chi connectivity index (χ2v) is 8.86. The van der Waals surface area contributed by atoms with Crippen LogP contribution in [-0.2, 0) is 5.75 Å². The Morgan fingerprint density at radius 3 is 2.72 bits per heavy atom. The largest absolute Gasteiger partial charge is 0.356 e. The molecule has 6 nitrogen and oxygen atoms in total. The Kier molecular flexibility index (Phi) is 6.36. The fourth-order valence-electron chi connectivity index (χ4n) is 3.14. The van der Waals surface area contributed by atoms with Gasteiger partial charge < -0.3 is 4.90 Å². The Hall–Kier alpha value is -2.52. The topological polar surface area (TPSA) is 71.0 Å². The number of nitrogens with one attached hydrogen (secondary N) is 1. The molecule has 0 unspecified atom stereocenters. The van der Waals surface area contributed by atoms with E-state index in [4.69, 9.17) is 0 Å². The molecule has 3 aromatic rings. The number of thioether (sulfide) groups is 1. The molecule has 0 aliphatic carbocycles. The van der Waals surface area contributed by atoms with Gasteiger partial charge in [0.2, 0.25) is 5.13 Å². The molecular formula is C20H20FN5OS2. The van der Waals surface area contributed by atoms with E-state index >= 15 is 0 Å². The lowest BCUT2D eigenvalue weighted by Gasteiger charge is -2.28. The minimum atomic E-state index is -0.251. The molecule has 1 aromatic carbocycles. The molecule has 4 rings (SSSR count). The standard InChI is InChI=1S/C20H20FN5OS2/c21-15-8-6-14(7-9-15)13-28-20-25-24-19(29-20)23-18(27)16-5-4-10-22-17(16)26-11-2-1-3-12-26/h4-10H,1-3,11-13H2,(H,23,24,27). The van der Waals surface area contributed by atoms with Crippen LogP contribution in [0.4, 0.5) is 15.3 Å². The zero-order chi connectivity index (χ0) is 20.1. The fraction of sp³-hybridized carbons (Fsp3) is 0.300. The molecule has 2 aromatic heterocycles. The number of benzene rings is 1. The molecule has 1 amide bonds. The molecule has 0 atom stereocenters. The summed E-state index contributed by atoms with van der Waals surface area (Å²) in [5.74, 6) is 0.897. The first-order chi connectivity index (χ1) is 14.2. The van der Waals surface area contributed by atoms with Crippen molar-refractivity contribution in [2.75, 3.05) is 23.3 Å². The molecule has 150 valence electrons. The van der Waals surface area contributed by atoms with Crippen molar-refractivity contribution in [1.82, 2.24) is 15.2 Å². The predicted octanol–water partition coefficient (Wildman–Crippen LogP) is 4.61. The van der Waals surface area contributed by atoms with Gasteiger partial charge in [-0.1, -0.05) is 35.2 Å². The van der Waals surface area contributed by atoms with Crippen LogP contribution in [0.15, 0.2) is 46.9 Å². The second kappa shape index (κ2) is 9.32. The van der Waals surface area contributed by atoms with E-state index in [1.165, 1.54) is 41.7 Å². The van der Waals surface area contributed by atoms with E-state index in [0.29, 0.717) is 16.4 Å². The lowest BCUT2D eigenvalue weighted by atomic mass is 10.1. The Bertz CT molecular complexity index is 973. The summed E-state index contributed by atoms with van der Waals surface area (Å²) in [6.45, 7) is 1.83. The summed E-state index contributed by atoms with van der Waals surface area (Å²) >= 11 is 2.82. The molecular weight excluding hydrogens is 409 g/mol. The van der Waals surface area contributed by atoms with Gasteiger partial charge in [-0.15, -0.1) is 10.2 Å². The highest BCUT2D eigenvalue weighted by Crippen LogP contribution is 2.29. The van der Waals surface area contributed by atoms with Crippen molar-refractivity contribution in [2.24, 2.45) is 0 Å². The molecule has 1 fully saturated rings. The van der Waals surface area contributed by atoms with Gasteiger partial charge in [0, 0.05) is 25.0 Å². The number of aromatic nitrogens is 3. The van der Waals surface area contributed by atoms with Crippen LogP contribution >= 0.6 is 23.1 Å². The summed E-state index contributed by atoms with van der Waals surface area (Å²) in [6, 6.07) is 9.93. The molecule has 1 aliphatic heterocycles. The van der Waals surface area contributed by atoms with Crippen molar-refractivity contribution in [2.45, 2.75) is 29.4 Å². The third-order valence-electron chi connectivity index (χ3n) is 4.59. The first kappa shape index (κ1) is 19.8. The number of pyridine rings is 1. The second-order valence-electron chi connectivity index (χ2n) is 6.66. The summed E-state index contributed by atoms with van der Waals surface area (Å²) < 4.78 is 13.7. The molecule has 3 heterocycles. The average Bonchev–Trinajstić information content (AvgIpc) is 3.21. The van der Waals surface area contributed by atoms with Crippen molar-refractivity contribution in [1.29, 1.82) is 0 Å². The molecule has 0 spiro atoms. The summed E-state index contributed by atoms with van der Waals surface area (Å²) in [6.07, 6.45) is 5.16. The number of carbonyl (C=O) groups excluding carboxylic acids is 1. The van der Waals surface area contributed by atoms with Crippen molar-refractivity contribution < 1.29 is 9.18 Å². The minimum Gasteiger partial charge on any atom is -0.356 e. The van der Waals surface area contributed by atoms with Crippen LogP contribution in [0.5, 0.6) is 0 Å². The van der Waals surface area contributed by atoms with Gasteiger partial charge >= 0.3 is 0 Å². The minimum absolute atomic E-state index is 0.232. The Morgan fingerprint density at radius 2 is 1.93 bits per heavy atom. The maximum atomic E-state index is 13.0. The number of nitrogens with zero attached hydrogens (tertiary/aromatic N) is 4. The van der Waals surface area contributed by atoms with Gasteiger partial charge in [0.15, 0.2) is 4.34 Å². The maximum Gasteiger partial charge on any atom is 0.261 e. The van der Waals surface area contributed by atoms with Crippen molar-refractivity contribution in [3.05, 3.63) is 59.5 Å². The number of carbonyl (C=O) groups is 1. The summed E-state index contributed by atoms with van der Waals surface area (Å²) in [7, 11) is 0. The molecule has 29 heavy (non-hydrogen) atoms. The number of hydrogen-bond acceptors (Lipinski definition) is 7. The summed E-state index contributed by atoms with van der Waals surface area (Å²) in [5, 5.41) is 11.5. The first-order valence-corrected chi connectivity index (χ1v) is 11.2. The highest BCUT2D eigenvalue weighted by molar-refractivity contribution is 8.00. The van der Waals surface area contributed by atoms with E-state index in [1.54, 1.807) is 30.5 Å². The molecule has 9 heteroatoms. The molecule has 0 radical (unpaired) electrons. The van der Waals surface area contributed by atoms with Crippen LogP contribution in [0.3, 0.4) is 0 Å². The summed E-state index contributed by atoms with van der Waals surface area (Å²) in [5.41, 5.74) is 1.55. The monoisotopic (exact) mass is 429 g/mol. The van der Waals surface area contributed by atoms with E-state index < -0.39 is 0 Å². The van der Waals surface area contributed by atoms with E-state index in [2.05, 4.69) is 25.4 Å². The van der Waals surface area contributed by atoms with Gasteiger partial charge in [0.1, 0.15) is 11.6 Å². The zero-order valence-electron chi connectivity index (χ0n) is 15.7. The van der Waals surface area contributed by atoms with Gasteiger partial charge in [0.05, 0.1) is 5.56 Å². The number of piperidine rings is 1. The third-order valence-corrected chi connectivity index (χ3v) is 6.63. The quantitative estimate of drug-likeness (QED) is 0.456. The van der Waals surface area contributed by atoms with Gasteiger partial charge in [-0.2, -0.15) is 0 Å². The van der Waals surface area contributed by atoms with Gasteiger partial charge in [-0.3, -0.25) is 10.1 Å². The smallest absolute Gasteiger partial charge is 0.261 e. The highest BCUT2D eigenvalue weighted by atomic mass is 32.2. The lowest BCUT2D eigenvalue weighted by molar-refractivity contribution is 0.102. The highest BCUT2D eigenvalue weighted by Gasteiger charge is 2.20. The number of hydrogen-bond donors (Lipinski definition) is 1. The third kappa shape index (κ3) is 5.10. The Labute approximate surface area is 176 Å². The van der Waals surface area contributed by atoms with E-state index in [-0.39, 0.29) is 11.7 Å². The average molecular weight is 430 g/mol. The molecule has 1 N–H and O–H groups in total. The molecule has 1 saturated heterocycles. The first-order valence-electron chi connectivity index (χ1n) is 9.41. The maximum absolute atomic E-state index is 13.0. The predicted molar refractivity (Wildman–Crippen MR) is 114 cm³/mol. The number of anilines is 2. The van der Waals surface area contributed by atoms with Crippen molar-refractivity contribution in [3.8, 4) is 0 Å². The summed E-state index contributed by atoms with van der Waals surface area (Å²) in [4.78, 5) is 19.4. The number of amides is 1. The fourth-order valence-corrected chi connectivity index (χ4v) is 4.84. The zero-order valence-corrected chi connectivity index (χ0v) is 17.3. The van der Waals surface area contributed by atoms with Crippen LogP contribution in [0.25, 0.3) is 0 Å². The Balaban J connectivity index is 1.40. The van der Waals surface area contributed by atoms with Gasteiger partial charge in [0.25, 0.3) is 5.91 Å². The Morgan fingerprint density at radius 1 is 1.14 bits per heavy atom. The lowest BCUT2D eigenvalue weighted by Crippen LogP contribution is -2.32. The van der Waals surface area contributed by atoms with Crippen molar-refractivity contribution in [3.63, 3.8) is 0 Å². The van der Waals surface area contributed by atoms with Crippen LogP contribution in [0.1, 0.15) is 35.2 Å². The molecule has 1 aliphatic rings. The molecule has 0 saturated carbocycles.